The first-order chi connectivity index (χ1) is 6.56. The molecule has 80 valence electrons. The molecular weight excluding hydrogens is 184 g/mol. The van der Waals surface area contributed by atoms with E-state index in [-0.39, 0.29) is 25.2 Å². The zero-order chi connectivity index (χ0) is 11.0. The maximum absolute atomic E-state index is 10.5. The van der Waals surface area contributed by atoms with Crippen LogP contribution in [0, 0.1) is 0 Å². The molecule has 0 aromatic carbocycles. The predicted octanol–water partition coefficient (Wildman–Crippen LogP) is 1.45. The van der Waals surface area contributed by atoms with Crippen LogP contribution in [0.4, 0.5) is 0 Å². The SMILES string of the molecule is CC/C(=C\COC(C)=O)COC(C)=O. The molecule has 0 aliphatic rings. The van der Waals surface area contributed by atoms with Crippen LogP contribution in [-0.4, -0.2) is 25.2 Å². The van der Waals surface area contributed by atoms with Gasteiger partial charge in [-0.1, -0.05) is 6.92 Å². The Bertz CT molecular complexity index is 230. The van der Waals surface area contributed by atoms with E-state index in [2.05, 4.69) is 0 Å². The number of carbonyl (C=O) groups excluding carboxylic acids is 2. The van der Waals surface area contributed by atoms with Gasteiger partial charge >= 0.3 is 11.9 Å². The first-order valence-electron chi connectivity index (χ1n) is 4.50. The second-order valence-electron chi connectivity index (χ2n) is 2.80. The minimum Gasteiger partial charge on any atom is -0.462 e. The molecule has 0 saturated heterocycles. The third kappa shape index (κ3) is 7.34. The number of esters is 2. The highest BCUT2D eigenvalue weighted by Gasteiger charge is 1.98. The molecule has 0 aromatic heterocycles. The molecule has 0 saturated carbocycles. The maximum Gasteiger partial charge on any atom is 0.302 e. The molecule has 14 heavy (non-hydrogen) atoms. The second-order valence-corrected chi connectivity index (χ2v) is 2.80. The van der Waals surface area contributed by atoms with Gasteiger partial charge in [-0.3, -0.25) is 9.59 Å². The van der Waals surface area contributed by atoms with Crippen molar-refractivity contribution in [1.29, 1.82) is 0 Å². The lowest BCUT2D eigenvalue weighted by molar-refractivity contribution is -0.141. The third-order valence-electron chi connectivity index (χ3n) is 1.57. The zero-order valence-electron chi connectivity index (χ0n) is 8.83. The van der Waals surface area contributed by atoms with Crippen molar-refractivity contribution in [2.45, 2.75) is 27.2 Å². The van der Waals surface area contributed by atoms with Crippen LogP contribution < -0.4 is 0 Å². The van der Waals surface area contributed by atoms with Crippen molar-refractivity contribution in [3.63, 3.8) is 0 Å². The standard InChI is InChI=1S/C10H16O4/c1-4-10(7-14-9(3)12)5-6-13-8(2)11/h5H,4,6-7H2,1-3H3/b10-5+. The molecule has 0 fully saturated rings. The first-order valence-corrected chi connectivity index (χ1v) is 4.50. The van der Waals surface area contributed by atoms with Crippen molar-refractivity contribution in [3.8, 4) is 0 Å². The van der Waals surface area contributed by atoms with Gasteiger partial charge < -0.3 is 9.47 Å². The number of ether oxygens (including phenoxy) is 2. The molecule has 4 nitrogen and oxygen atoms in total. The Morgan fingerprint density at radius 1 is 1.14 bits per heavy atom. The Morgan fingerprint density at radius 3 is 2.14 bits per heavy atom. The topological polar surface area (TPSA) is 52.6 Å². The fraction of sp³-hybridized carbons (Fsp3) is 0.600. The Morgan fingerprint density at radius 2 is 1.71 bits per heavy atom. The molecule has 0 bridgehead atoms. The van der Waals surface area contributed by atoms with E-state index < -0.39 is 0 Å². The van der Waals surface area contributed by atoms with Gasteiger partial charge in [-0.2, -0.15) is 0 Å². The monoisotopic (exact) mass is 200 g/mol. The van der Waals surface area contributed by atoms with Gasteiger partial charge in [0.15, 0.2) is 0 Å². The largest absolute Gasteiger partial charge is 0.462 e. The highest BCUT2D eigenvalue weighted by Crippen LogP contribution is 2.01. The molecule has 4 heteroatoms. The average Bonchev–Trinajstić information content (AvgIpc) is 2.10. The van der Waals surface area contributed by atoms with Gasteiger partial charge in [-0.05, 0) is 18.1 Å². The van der Waals surface area contributed by atoms with Crippen molar-refractivity contribution < 1.29 is 19.1 Å². The molecule has 0 unspecified atom stereocenters. The van der Waals surface area contributed by atoms with E-state index in [9.17, 15) is 9.59 Å². The molecule has 0 aromatic rings. The van der Waals surface area contributed by atoms with Gasteiger partial charge in [0.05, 0.1) is 0 Å². The number of carbonyl (C=O) groups is 2. The summed E-state index contributed by atoms with van der Waals surface area (Å²) in [6.45, 7) is 5.17. The van der Waals surface area contributed by atoms with Gasteiger partial charge in [0.2, 0.25) is 0 Å². The van der Waals surface area contributed by atoms with E-state index in [0.717, 1.165) is 12.0 Å². The molecule has 0 atom stereocenters. The minimum atomic E-state index is -0.316. The van der Waals surface area contributed by atoms with Crippen LogP contribution in [0.2, 0.25) is 0 Å². The first kappa shape index (κ1) is 12.7. The van der Waals surface area contributed by atoms with E-state index in [1.165, 1.54) is 13.8 Å². The second kappa shape index (κ2) is 7.12. The fourth-order valence-electron chi connectivity index (χ4n) is 0.777. The highest BCUT2D eigenvalue weighted by atomic mass is 16.5. The normalized spacial score (nSPS) is 10.9. The molecule has 0 rings (SSSR count). The lowest BCUT2D eigenvalue weighted by Crippen LogP contribution is -2.05. The number of hydrogen-bond donors (Lipinski definition) is 0. The summed E-state index contributed by atoms with van der Waals surface area (Å²) in [5.74, 6) is -0.624. The summed E-state index contributed by atoms with van der Waals surface area (Å²) in [5, 5.41) is 0. The van der Waals surface area contributed by atoms with E-state index in [0.29, 0.717) is 0 Å². The summed E-state index contributed by atoms with van der Waals surface area (Å²) in [4.78, 5) is 21.0. The van der Waals surface area contributed by atoms with Crippen molar-refractivity contribution in [3.05, 3.63) is 11.6 Å². The molecule has 0 aliphatic carbocycles. The quantitative estimate of drug-likeness (QED) is 0.498. The zero-order valence-corrected chi connectivity index (χ0v) is 8.83. The molecule has 0 radical (unpaired) electrons. The molecule has 0 amide bonds. The average molecular weight is 200 g/mol. The lowest BCUT2D eigenvalue weighted by atomic mass is 10.2. The van der Waals surface area contributed by atoms with E-state index in [1.54, 1.807) is 6.08 Å². The summed E-state index contributed by atoms with van der Waals surface area (Å²) < 4.78 is 9.53. The van der Waals surface area contributed by atoms with Crippen LogP contribution in [0.15, 0.2) is 11.6 Å². The molecule has 0 heterocycles. The van der Waals surface area contributed by atoms with Crippen molar-refractivity contribution in [2.75, 3.05) is 13.2 Å². The Labute approximate surface area is 83.9 Å². The minimum absolute atomic E-state index is 0.236. The van der Waals surface area contributed by atoms with Gasteiger partial charge in [0, 0.05) is 13.8 Å². The number of hydrogen-bond acceptors (Lipinski definition) is 4. The lowest BCUT2D eigenvalue weighted by Gasteiger charge is -2.05. The van der Waals surface area contributed by atoms with Crippen LogP contribution in [0.3, 0.4) is 0 Å². The highest BCUT2D eigenvalue weighted by molar-refractivity contribution is 5.66. The smallest absolute Gasteiger partial charge is 0.302 e. The van der Waals surface area contributed by atoms with Gasteiger partial charge in [-0.25, -0.2) is 0 Å². The predicted molar refractivity (Wildman–Crippen MR) is 51.6 cm³/mol. The van der Waals surface area contributed by atoms with Crippen LogP contribution in [0.25, 0.3) is 0 Å². The van der Waals surface area contributed by atoms with Crippen LogP contribution in [0.5, 0.6) is 0 Å². The summed E-state index contributed by atoms with van der Waals surface area (Å²) >= 11 is 0. The molecule has 0 N–H and O–H groups in total. The van der Waals surface area contributed by atoms with Gasteiger partial charge in [0.1, 0.15) is 13.2 Å². The summed E-state index contributed by atoms with van der Waals surface area (Å²) in [5.41, 5.74) is 0.946. The van der Waals surface area contributed by atoms with Crippen LogP contribution in [0.1, 0.15) is 27.2 Å². The number of rotatable bonds is 5. The van der Waals surface area contributed by atoms with Crippen molar-refractivity contribution >= 4 is 11.9 Å². The van der Waals surface area contributed by atoms with Gasteiger partial charge in [-0.15, -0.1) is 0 Å². The maximum atomic E-state index is 10.5. The molecule has 0 spiro atoms. The Balaban J connectivity index is 3.86. The van der Waals surface area contributed by atoms with E-state index >= 15 is 0 Å². The van der Waals surface area contributed by atoms with E-state index in [4.69, 9.17) is 9.47 Å². The fourth-order valence-corrected chi connectivity index (χ4v) is 0.777. The van der Waals surface area contributed by atoms with E-state index in [1.807, 2.05) is 6.92 Å². The van der Waals surface area contributed by atoms with Crippen LogP contribution >= 0.6 is 0 Å². The van der Waals surface area contributed by atoms with Crippen molar-refractivity contribution in [2.24, 2.45) is 0 Å². The molecule has 0 aliphatic heterocycles. The van der Waals surface area contributed by atoms with Gasteiger partial charge in [0.25, 0.3) is 0 Å². The van der Waals surface area contributed by atoms with Crippen LogP contribution in [-0.2, 0) is 19.1 Å². The third-order valence-corrected chi connectivity index (χ3v) is 1.57. The molecular formula is C10H16O4. The Kier molecular flexibility index (Phi) is 6.45. The Hall–Kier alpha value is -1.32. The summed E-state index contributed by atoms with van der Waals surface area (Å²) in [6.07, 6.45) is 2.53. The summed E-state index contributed by atoms with van der Waals surface area (Å²) in [7, 11) is 0. The van der Waals surface area contributed by atoms with Crippen molar-refractivity contribution in [1.82, 2.24) is 0 Å². The summed E-state index contributed by atoms with van der Waals surface area (Å²) in [6, 6.07) is 0.